The average molecular weight is 397 g/mol. The van der Waals surface area contributed by atoms with Gasteiger partial charge in [0.25, 0.3) is 0 Å². The number of aryl methyl sites for hydroxylation is 1. The Morgan fingerprint density at radius 1 is 1.03 bits per heavy atom. The van der Waals surface area contributed by atoms with E-state index in [-0.39, 0.29) is 5.92 Å². The van der Waals surface area contributed by atoms with E-state index in [1.165, 1.54) is 29.7 Å². The Morgan fingerprint density at radius 3 is 2.52 bits per heavy atom. The van der Waals surface area contributed by atoms with Crippen LogP contribution in [-0.4, -0.2) is 21.9 Å². The van der Waals surface area contributed by atoms with Crippen molar-refractivity contribution in [2.45, 2.75) is 85.7 Å². The molecule has 0 saturated carbocycles. The molecule has 0 aliphatic heterocycles. The van der Waals surface area contributed by atoms with Crippen LogP contribution in [-0.2, 0) is 17.9 Å². The van der Waals surface area contributed by atoms with Crippen LogP contribution in [0.2, 0.25) is 0 Å². The number of aromatic nitrogens is 1. The van der Waals surface area contributed by atoms with Gasteiger partial charge in [-0.25, -0.2) is 0 Å². The van der Waals surface area contributed by atoms with E-state index >= 15 is 0 Å². The van der Waals surface area contributed by atoms with Gasteiger partial charge in [-0.3, -0.25) is 4.79 Å². The van der Waals surface area contributed by atoms with Gasteiger partial charge in [-0.15, -0.1) is 0 Å². The van der Waals surface area contributed by atoms with Crippen molar-refractivity contribution < 1.29 is 4.79 Å². The van der Waals surface area contributed by atoms with E-state index in [9.17, 15) is 4.79 Å². The summed E-state index contributed by atoms with van der Waals surface area (Å²) in [6, 6.07) is 12.9. The second-order valence-corrected chi connectivity index (χ2v) is 8.33. The lowest BCUT2D eigenvalue weighted by molar-refractivity contribution is -0.136. The summed E-state index contributed by atoms with van der Waals surface area (Å²) >= 11 is 0. The van der Waals surface area contributed by atoms with E-state index < -0.39 is 0 Å². The van der Waals surface area contributed by atoms with Crippen molar-refractivity contribution in [3.63, 3.8) is 0 Å². The van der Waals surface area contributed by atoms with Crippen molar-refractivity contribution in [1.82, 2.24) is 9.47 Å². The van der Waals surface area contributed by atoms with Crippen LogP contribution in [0.5, 0.6) is 0 Å². The van der Waals surface area contributed by atoms with Crippen LogP contribution in [0.4, 0.5) is 0 Å². The number of carbonyl (C=O) groups is 1. The summed E-state index contributed by atoms with van der Waals surface area (Å²) in [7, 11) is 0. The fourth-order valence-electron chi connectivity index (χ4n) is 3.98. The van der Waals surface area contributed by atoms with E-state index in [0.29, 0.717) is 12.5 Å². The molecule has 1 unspecified atom stereocenters. The Balaban J connectivity index is 2.14. The molecule has 0 fully saturated rings. The highest BCUT2D eigenvalue weighted by molar-refractivity contribution is 5.78. The molecule has 1 amide bonds. The third-order valence-electron chi connectivity index (χ3n) is 5.80. The summed E-state index contributed by atoms with van der Waals surface area (Å²) in [5.41, 5.74) is 3.82. The summed E-state index contributed by atoms with van der Waals surface area (Å²) in [4.78, 5) is 15.5. The normalized spacial score (nSPS) is 12.1. The molecule has 1 atom stereocenters. The largest absolute Gasteiger partial charge is 0.345 e. The third-order valence-corrected chi connectivity index (χ3v) is 5.80. The Kier molecular flexibility index (Phi) is 10.0. The molecule has 3 nitrogen and oxygen atoms in total. The molecule has 0 N–H and O–H groups in total. The second-order valence-electron chi connectivity index (χ2n) is 8.33. The van der Waals surface area contributed by atoms with Crippen LogP contribution in [0.1, 0.15) is 82.5 Å². The summed E-state index contributed by atoms with van der Waals surface area (Å²) in [5, 5.41) is 0. The number of hydrogen-bond donors (Lipinski definition) is 0. The molecule has 1 aromatic heterocycles. The maximum Gasteiger partial charge on any atom is 0.226 e. The van der Waals surface area contributed by atoms with Crippen molar-refractivity contribution in [2.75, 3.05) is 6.54 Å². The number of amides is 1. The summed E-state index contributed by atoms with van der Waals surface area (Å²) in [6.45, 7) is 11.1. The highest BCUT2D eigenvalue weighted by Crippen LogP contribution is 2.19. The zero-order valence-corrected chi connectivity index (χ0v) is 19.0. The minimum Gasteiger partial charge on any atom is -0.345 e. The van der Waals surface area contributed by atoms with E-state index in [1.807, 2.05) is 0 Å². The topological polar surface area (TPSA) is 25.2 Å². The molecule has 2 rings (SSSR count). The van der Waals surface area contributed by atoms with Gasteiger partial charge in [0, 0.05) is 30.9 Å². The molecule has 0 aliphatic carbocycles. The number of benzene rings is 1. The van der Waals surface area contributed by atoms with Gasteiger partial charge in [0.15, 0.2) is 0 Å². The molecule has 3 heteroatoms. The Bertz CT molecular complexity index is 734. The van der Waals surface area contributed by atoms with Gasteiger partial charge in [-0.1, -0.05) is 76.3 Å². The molecule has 0 radical (unpaired) electrons. The molecule has 1 aromatic carbocycles. The van der Waals surface area contributed by atoms with Crippen molar-refractivity contribution in [2.24, 2.45) is 5.92 Å². The SMILES string of the molecule is CCCCCN(Cc1cccn1Cc1cccc(C)c1)C(=O)C(CC)CCCC. The van der Waals surface area contributed by atoms with Gasteiger partial charge in [0.2, 0.25) is 5.91 Å². The maximum atomic E-state index is 13.3. The lowest BCUT2D eigenvalue weighted by atomic mass is 9.97. The smallest absolute Gasteiger partial charge is 0.226 e. The number of carbonyl (C=O) groups excluding carboxylic acids is 1. The van der Waals surface area contributed by atoms with Crippen LogP contribution < -0.4 is 0 Å². The fourth-order valence-corrected chi connectivity index (χ4v) is 3.98. The van der Waals surface area contributed by atoms with E-state index in [1.54, 1.807) is 0 Å². The van der Waals surface area contributed by atoms with Crippen LogP contribution in [0.25, 0.3) is 0 Å². The zero-order valence-electron chi connectivity index (χ0n) is 19.0. The van der Waals surface area contributed by atoms with Gasteiger partial charge in [0.1, 0.15) is 0 Å². The molecule has 0 bridgehead atoms. The lowest BCUT2D eigenvalue weighted by Crippen LogP contribution is -2.37. The standard InChI is InChI=1S/C26H40N2O/c1-5-8-10-17-28(26(29)24(7-3)15-9-6-2)21-25-16-12-18-27(25)20-23-14-11-13-22(4)19-23/h11-14,16,18-19,24H,5-10,15,17,20-21H2,1-4H3. The zero-order chi connectivity index (χ0) is 21.1. The monoisotopic (exact) mass is 396 g/mol. The van der Waals surface area contributed by atoms with Crippen molar-refractivity contribution in [3.8, 4) is 0 Å². The van der Waals surface area contributed by atoms with Gasteiger partial charge in [-0.2, -0.15) is 0 Å². The fraction of sp³-hybridized carbons (Fsp3) is 0.577. The highest BCUT2D eigenvalue weighted by Gasteiger charge is 2.23. The van der Waals surface area contributed by atoms with Gasteiger partial charge in [0.05, 0.1) is 6.54 Å². The molecule has 160 valence electrons. The minimum absolute atomic E-state index is 0.164. The molecular weight excluding hydrogens is 356 g/mol. The van der Waals surface area contributed by atoms with Crippen LogP contribution >= 0.6 is 0 Å². The van der Waals surface area contributed by atoms with Crippen LogP contribution in [0.15, 0.2) is 42.6 Å². The first-order chi connectivity index (χ1) is 14.1. The summed E-state index contributed by atoms with van der Waals surface area (Å²) < 4.78 is 2.29. The molecule has 0 saturated heterocycles. The third kappa shape index (κ3) is 7.38. The Morgan fingerprint density at radius 2 is 1.83 bits per heavy atom. The molecule has 29 heavy (non-hydrogen) atoms. The molecular formula is C26H40N2O. The Hall–Kier alpha value is -2.03. The second kappa shape index (κ2) is 12.5. The lowest BCUT2D eigenvalue weighted by Gasteiger charge is -2.28. The van der Waals surface area contributed by atoms with Gasteiger partial charge >= 0.3 is 0 Å². The summed E-state index contributed by atoms with van der Waals surface area (Å²) in [6.07, 6.45) is 9.83. The molecule has 0 spiro atoms. The molecule has 1 heterocycles. The predicted molar refractivity (Wildman–Crippen MR) is 123 cm³/mol. The summed E-state index contributed by atoms with van der Waals surface area (Å²) in [5.74, 6) is 0.511. The minimum atomic E-state index is 0.164. The Labute approximate surface area is 178 Å². The van der Waals surface area contributed by atoms with E-state index in [0.717, 1.165) is 45.2 Å². The van der Waals surface area contributed by atoms with E-state index in [2.05, 4.69) is 79.8 Å². The van der Waals surface area contributed by atoms with Crippen molar-refractivity contribution in [1.29, 1.82) is 0 Å². The first-order valence-corrected chi connectivity index (χ1v) is 11.6. The number of unbranched alkanes of at least 4 members (excludes halogenated alkanes) is 3. The quantitative estimate of drug-likeness (QED) is 0.351. The number of rotatable bonds is 13. The van der Waals surface area contributed by atoms with Gasteiger partial charge in [-0.05, 0) is 43.9 Å². The van der Waals surface area contributed by atoms with Crippen LogP contribution in [0, 0.1) is 12.8 Å². The number of hydrogen-bond acceptors (Lipinski definition) is 1. The molecule has 0 aliphatic rings. The first-order valence-electron chi connectivity index (χ1n) is 11.6. The van der Waals surface area contributed by atoms with Crippen LogP contribution in [0.3, 0.4) is 0 Å². The average Bonchev–Trinajstić information content (AvgIpc) is 3.14. The molecule has 2 aromatic rings. The maximum absolute atomic E-state index is 13.3. The predicted octanol–water partition coefficient (Wildman–Crippen LogP) is 6.58. The van der Waals surface area contributed by atoms with E-state index in [4.69, 9.17) is 0 Å². The first kappa shape index (κ1) is 23.3. The van der Waals surface area contributed by atoms with Crippen molar-refractivity contribution in [3.05, 3.63) is 59.4 Å². The highest BCUT2D eigenvalue weighted by atomic mass is 16.2. The number of nitrogens with zero attached hydrogens (tertiary/aromatic N) is 2. The van der Waals surface area contributed by atoms with Gasteiger partial charge < -0.3 is 9.47 Å². The van der Waals surface area contributed by atoms with Crippen molar-refractivity contribution >= 4 is 5.91 Å².